The van der Waals surface area contributed by atoms with Crippen molar-refractivity contribution in [2.45, 2.75) is 18.9 Å². The van der Waals surface area contributed by atoms with Gasteiger partial charge in [0.1, 0.15) is 6.54 Å². The van der Waals surface area contributed by atoms with Gasteiger partial charge >= 0.3 is 0 Å². The molecule has 2 aliphatic rings. The lowest BCUT2D eigenvalue weighted by molar-refractivity contribution is -0.121. The van der Waals surface area contributed by atoms with Crippen molar-refractivity contribution in [3.8, 4) is 0 Å². The van der Waals surface area contributed by atoms with Gasteiger partial charge in [0, 0.05) is 13.2 Å². The largest absolute Gasteiger partial charge is 0.377 e. The quantitative estimate of drug-likeness (QED) is 0.857. The van der Waals surface area contributed by atoms with Gasteiger partial charge in [-0.05, 0) is 25.0 Å². The average molecular weight is 289 g/mol. The van der Waals surface area contributed by atoms with Crippen LogP contribution in [0.15, 0.2) is 24.3 Å². The maximum atomic E-state index is 12.3. The van der Waals surface area contributed by atoms with E-state index in [1.165, 1.54) is 4.90 Å². The minimum atomic E-state index is -0.166. The first-order chi connectivity index (χ1) is 10.2. The summed E-state index contributed by atoms with van der Waals surface area (Å²) in [5.41, 5.74) is 1.43. The van der Waals surface area contributed by atoms with Crippen LogP contribution in [-0.2, 0) is 14.3 Å². The molecule has 2 N–H and O–H groups in total. The molecule has 1 aromatic rings. The fraction of sp³-hybridized carbons (Fsp3) is 0.467. The molecule has 1 aromatic carbocycles. The maximum absolute atomic E-state index is 12.3. The van der Waals surface area contributed by atoms with Crippen LogP contribution in [0.4, 0.5) is 11.4 Å². The van der Waals surface area contributed by atoms with E-state index in [9.17, 15) is 9.59 Å². The van der Waals surface area contributed by atoms with Crippen molar-refractivity contribution in [3.63, 3.8) is 0 Å². The number of para-hydroxylation sites is 2. The molecule has 2 amide bonds. The molecule has 0 spiro atoms. The summed E-state index contributed by atoms with van der Waals surface area (Å²) in [4.78, 5) is 25.5. The van der Waals surface area contributed by atoms with Gasteiger partial charge in [-0.25, -0.2) is 0 Å². The molecule has 1 fully saturated rings. The SMILES string of the molecule is O=C1CN(C(=O)CNCC2CCCO2)c2ccccc2N1. The molecule has 112 valence electrons. The van der Waals surface area contributed by atoms with Gasteiger partial charge < -0.3 is 15.4 Å². The zero-order chi connectivity index (χ0) is 14.7. The summed E-state index contributed by atoms with van der Waals surface area (Å²) in [6.07, 6.45) is 2.32. The Hall–Kier alpha value is -1.92. The number of hydrogen-bond acceptors (Lipinski definition) is 4. The second-order valence-corrected chi connectivity index (χ2v) is 5.31. The minimum absolute atomic E-state index is 0.0669. The second kappa shape index (κ2) is 6.24. The number of hydrogen-bond donors (Lipinski definition) is 2. The molecule has 0 aromatic heterocycles. The van der Waals surface area contributed by atoms with E-state index in [0.717, 1.165) is 25.1 Å². The first-order valence-corrected chi connectivity index (χ1v) is 7.25. The van der Waals surface area contributed by atoms with Gasteiger partial charge in [0.05, 0.1) is 24.0 Å². The summed E-state index contributed by atoms with van der Waals surface area (Å²) < 4.78 is 5.50. The van der Waals surface area contributed by atoms with Gasteiger partial charge in [0.15, 0.2) is 0 Å². The lowest BCUT2D eigenvalue weighted by Gasteiger charge is -2.29. The highest BCUT2D eigenvalue weighted by Gasteiger charge is 2.26. The number of carbonyl (C=O) groups excluding carboxylic acids is 2. The molecule has 2 aliphatic heterocycles. The second-order valence-electron chi connectivity index (χ2n) is 5.31. The predicted molar refractivity (Wildman–Crippen MR) is 79.3 cm³/mol. The first kappa shape index (κ1) is 14.0. The van der Waals surface area contributed by atoms with Crippen LogP contribution >= 0.6 is 0 Å². The Morgan fingerprint density at radius 1 is 1.43 bits per heavy atom. The summed E-state index contributed by atoms with van der Waals surface area (Å²) in [6, 6.07) is 7.33. The van der Waals surface area contributed by atoms with Gasteiger partial charge in [0.2, 0.25) is 11.8 Å². The summed E-state index contributed by atoms with van der Waals surface area (Å²) in [5, 5.41) is 5.89. The Kier molecular flexibility index (Phi) is 4.17. The zero-order valence-electron chi connectivity index (χ0n) is 11.8. The lowest BCUT2D eigenvalue weighted by Crippen LogP contribution is -2.46. The van der Waals surface area contributed by atoms with Crippen LogP contribution in [0.3, 0.4) is 0 Å². The molecule has 3 rings (SSSR count). The highest BCUT2D eigenvalue weighted by Crippen LogP contribution is 2.28. The molecule has 0 bridgehead atoms. The van der Waals surface area contributed by atoms with E-state index in [0.29, 0.717) is 12.2 Å². The Morgan fingerprint density at radius 2 is 2.29 bits per heavy atom. The van der Waals surface area contributed by atoms with Crippen molar-refractivity contribution in [1.29, 1.82) is 0 Å². The summed E-state index contributed by atoms with van der Waals surface area (Å²) in [7, 11) is 0. The smallest absolute Gasteiger partial charge is 0.244 e. The molecule has 6 nitrogen and oxygen atoms in total. The molecular formula is C15H19N3O3. The molecule has 1 unspecified atom stereocenters. The van der Waals surface area contributed by atoms with Crippen molar-refractivity contribution >= 4 is 23.2 Å². The minimum Gasteiger partial charge on any atom is -0.377 e. The average Bonchev–Trinajstić information content (AvgIpc) is 2.99. The van der Waals surface area contributed by atoms with E-state index >= 15 is 0 Å². The Bertz CT molecular complexity index is 541. The van der Waals surface area contributed by atoms with Crippen molar-refractivity contribution in [2.24, 2.45) is 0 Å². The number of amides is 2. The molecule has 0 aliphatic carbocycles. The van der Waals surface area contributed by atoms with E-state index in [2.05, 4.69) is 10.6 Å². The molecule has 21 heavy (non-hydrogen) atoms. The Morgan fingerprint density at radius 3 is 3.10 bits per heavy atom. The maximum Gasteiger partial charge on any atom is 0.244 e. The number of ether oxygens (including phenoxy) is 1. The topological polar surface area (TPSA) is 70.7 Å². The van der Waals surface area contributed by atoms with Gasteiger partial charge in [-0.3, -0.25) is 14.5 Å². The lowest BCUT2D eigenvalue weighted by atomic mass is 10.2. The van der Waals surface area contributed by atoms with Crippen LogP contribution in [0.1, 0.15) is 12.8 Å². The molecular weight excluding hydrogens is 270 g/mol. The van der Waals surface area contributed by atoms with Crippen LogP contribution in [-0.4, -0.2) is 44.2 Å². The van der Waals surface area contributed by atoms with Gasteiger partial charge in [-0.1, -0.05) is 12.1 Å². The first-order valence-electron chi connectivity index (χ1n) is 7.25. The number of fused-ring (bicyclic) bond motifs is 1. The highest BCUT2D eigenvalue weighted by molar-refractivity contribution is 6.10. The monoisotopic (exact) mass is 289 g/mol. The van der Waals surface area contributed by atoms with Crippen molar-refractivity contribution in [3.05, 3.63) is 24.3 Å². The third-order valence-corrected chi connectivity index (χ3v) is 3.74. The zero-order valence-corrected chi connectivity index (χ0v) is 11.8. The predicted octanol–water partition coefficient (Wildman–Crippen LogP) is 0.740. The fourth-order valence-electron chi connectivity index (χ4n) is 2.70. The molecule has 2 heterocycles. The number of anilines is 2. The van der Waals surface area contributed by atoms with Crippen molar-refractivity contribution in [2.75, 3.05) is 36.5 Å². The van der Waals surface area contributed by atoms with Gasteiger partial charge in [0.25, 0.3) is 0 Å². The van der Waals surface area contributed by atoms with Crippen LogP contribution in [0.2, 0.25) is 0 Å². The van der Waals surface area contributed by atoms with Crippen LogP contribution < -0.4 is 15.5 Å². The molecule has 1 atom stereocenters. The van der Waals surface area contributed by atoms with Crippen molar-refractivity contribution < 1.29 is 14.3 Å². The number of benzene rings is 1. The standard InChI is InChI=1S/C15H19N3O3/c19-14-10-18(13-6-2-1-5-12(13)17-14)15(20)9-16-8-11-4-3-7-21-11/h1-2,5-6,11,16H,3-4,7-10H2,(H,17,19). The normalized spacial score (nSPS) is 21.0. The third-order valence-electron chi connectivity index (χ3n) is 3.74. The highest BCUT2D eigenvalue weighted by atomic mass is 16.5. The summed E-state index contributed by atoms with van der Waals surface area (Å²) >= 11 is 0. The number of nitrogens with zero attached hydrogens (tertiary/aromatic N) is 1. The fourth-order valence-corrected chi connectivity index (χ4v) is 2.70. The molecule has 0 saturated carbocycles. The van der Waals surface area contributed by atoms with E-state index in [1.807, 2.05) is 18.2 Å². The molecule has 1 saturated heterocycles. The van der Waals surface area contributed by atoms with Crippen molar-refractivity contribution in [1.82, 2.24) is 5.32 Å². The van der Waals surface area contributed by atoms with Gasteiger partial charge in [-0.15, -0.1) is 0 Å². The molecule has 0 radical (unpaired) electrons. The summed E-state index contributed by atoms with van der Waals surface area (Å²) in [5.74, 6) is -0.267. The number of rotatable bonds is 4. The van der Waals surface area contributed by atoms with Crippen LogP contribution in [0.25, 0.3) is 0 Å². The summed E-state index contributed by atoms with van der Waals surface area (Å²) in [6.45, 7) is 1.76. The van der Waals surface area contributed by atoms with E-state index < -0.39 is 0 Å². The number of nitrogens with one attached hydrogen (secondary N) is 2. The Balaban J connectivity index is 1.60. The number of carbonyl (C=O) groups is 2. The van der Waals surface area contributed by atoms with Crippen LogP contribution in [0, 0.1) is 0 Å². The van der Waals surface area contributed by atoms with Gasteiger partial charge in [-0.2, -0.15) is 0 Å². The van der Waals surface area contributed by atoms with E-state index in [1.54, 1.807) is 6.07 Å². The van der Waals surface area contributed by atoms with E-state index in [4.69, 9.17) is 4.74 Å². The third kappa shape index (κ3) is 3.22. The van der Waals surface area contributed by atoms with Crippen LogP contribution in [0.5, 0.6) is 0 Å². The molecule has 6 heteroatoms. The Labute approximate surface area is 123 Å². The van der Waals surface area contributed by atoms with E-state index in [-0.39, 0.29) is 31.0 Å².